The van der Waals surface area contributed by atoms with Crippen LogP contribution >= 0.6 is 22.9 Å². The Morgan fingerprint density at radius 2 is 2.07 bits per heavy atom. The molecule has 30 heavy (non-hydrogen) atoms. The van der Waals surface area contributed by atoms with E-state index in [0.717, 1.165) is 23.1 Å². The average molecular weight is 446 g/mol. The van der Waals surface area contributed by atoms with Gasteiger partial charge >= 0.3 is 5.69 Å². The highest BCUT2D eigenvalue weighted by atomic mass is 35.5. The summed E-state index contributed by atoms with van der Waals surface area (Å²) >= 11 is 7.39. The molecule has 1 N–H and O–H groups in total. The molecule has 4 rings (SSSR count). The maximum atomic E-state index is 13.0. The Kier molecular flexibility index (Phi) is 5.48. The topological polar surface area (TPSA) is 90.4 Å². The molecule has 0 radical (unpaired) electrons. The smallest absolute Gasteiger partial charge is 0.324 e. The number of anilines is 1. The van der Waals surface area contributed by atoms with Crippen molar-refractivity contribution in [1.29, 1.82) is 0 Å². The van der Waals surface area contributed by atoms with Gasteiger partial charge in [-0.15, -0.1) is 16.4 Å². The van der Waals surface area contributed by atoms with Crippen molar-refractivity contribution in [2.24, 2.45) is 0 Å². The van der Waals surface area contributed by atoms with Gasteiger partial charge in [-0.3, -0.25) is 14.2 Å². The van der Waals surface area contributed by atoms with Crippen molar-refractivity contribution in [3.8, 4) is 0 Å². The normalized spacial score (nSPS) is 11.4. The predicted octanol–water partition coefficient (Wildman–Crippen LogP) is 3.27. The third-order valence-electron chi connectivity index (χ3n) is 4.96. The van der Waals surface area contributed by atoms with Crippen LogP contribution in [0.2, 0.25) is 5.02 Å². The van der Waals surface area contributed by atoms with Gasteiger partial charge in [-0.25, -0.2) is 13.9 Å². The molecular formula is C20H20ClN5O3S. The maximum Gasteiger partial charge on any atom is 0.352 e. The van der Waals surface area contributed by atoms with Crippen molar-refractivity contribution < 1.29 is 4.79 Å². The molecule has 0 bridgehead atoms. The summed E-state index contributed by atoms with van der Waals surface area (Å²) in [6, 6.07) is 6.94. The summed E-state index contributed by atoms with van der Waals surface area (Å²) in [6.45, 7) is 4.00. The van der Waals surface area contributed by atoms with Crippen LogP contribution in [0.15, 0.2) is 39.2 Å². The lowest BCUT2D eigenvalue weighted by molar-refractivity contribution is -0.117. The molecule has 0 spiro atoms. The monoisotopic (exact) mass is 445 g/mol. The minimum absolute atomic E-state index is 0.169. The van der Waals surface area contributed by atoms with E-state index in [1.807, 2.05) is 6.92 Å². The van der Waals surface area contributed by atoms with Gasteiger partial charge in [-0.1, -0.05) is 31.0 Å². The van der Waals surface area contributed by atoms with Crippen LogP contribution in [0, 0.1) is 6.92 Å². The first kappa shape index (κ1) is 20.4. The van der Waals surface area contributed by atoms with Gasteiger partial charge in [0.05, 0.1) is 5.52 Å². The first-order chi connectivity index (χ1) is 14.4. The average Bonchev–Trinajstić information content (AvgIpc) is 3.31. The number of carbonyl (C=O) groups excluding carboxylic acids is 1. The highest BCUT2D eigenvalue weighted by Gasteiger charge is 2.19. The molecule has 3 heterocycles. The number of thiophene rings is 1. The van der Waals surface area contributed by atoms with E-state index in [9.17, 15) is 14.4 Å². The fourth-order valence-electron chi connectivity index (χ4n) is 3.32. The maximum absolute atomic E-state index is 13.0. The Morgan fingerprint density at radius 3 is 2.83 bits per heavy atom. The van der Waals surface area contributed by atoms with Crippen LogP contribution in [0.3, 0.4) is 0 Å². The van der Waals surface area contributed by atoms with Crippen molar-refractivity contribution in [1.82, 2.24) is 18.7 Å². The van der Waals surface area contributed by atoms with E-state index in [-0.39, 0.29) is 17.9 Å². The summed E-state index contributed by atoms with van der Waals surface area (Å²) < 4.78 is 4.50. The quantitative estimate of drug-likeness (QED) is 0.493. The lowest BCUT2D eigenvalue weighted by atomic mass is 10.2. The third-order valence-corrected chi connectivity index (χ3v) is 6.26. The summed E-state index contributed by atoms with van der Waals surface area (Å²) in [6.07, 6.45) is 1.68. The van der Waals surface area contributed by atoms with E-state index in [4.69, 9.17) is 11.6 Å². The molecule has 0 aliphatic heterocycles. The van der Waals surface area contributed by atoms with Crippen LogP contribution in [0.4, 0.5) is 5.69 Å². The molecule has 156 valence electrons. The Labute approximate surface area is 180 Å². The molecule has 10 heteroatoms. The van der Waals surface area contributed by atoms with E-state index in [2.05, 4.69) is 10.4 Å². The number of aromatic nitrogens is 4. The lowest BCUT2D eigenvalue weighted by Gasteiger charge is -2.09. The third kappa shape index (κ3) is 3.44. The van der Waals surface area contributed by atoms with E-state index in [0.29, 0.717) is 27.5 Å². The van der Waals surface area contributed by atoms with Gasteiger partial charge < -0.3 is 5.32 Å². The van der Waals surface area contributed by atoms with Crippen molar-refractivity contribution in [3.05, 3.63) is 61.1 Å². The minimum Gasteiger partial charge on any atom is -0.324 e. The second kappa shape index (κ2) is 8.08. The number of unbranched alkanes of at least 4 members (excludes halogenated alkanes) is 1. The van der Waals surface area contributed by atoms with Crippen LogP contribution in [0.5, 0.6) is 0 Å². The van der Waals surface area contributed by atoms with Crippen molar-refractivity contribution in [2.45, 2.75) is 39.8 Å². The van der Waals surface area contributed by atoms with E-state index < -0.39 is 11.6 Å². The van der Waals surface area contributed by atoms with Crippen molar-refractivity contribution in [2.75, 3.05) is 5.32 Å². The van der Waals surface area contributed by atoms with Gasteiger partial charge in [0.2, 0.25) is 11.7 Å². The molecule has 0 unspecified atom stereocenters. The largest absolute Gasteiger partial charge is 0.352 e. The van der Waals surface area contributed by atoms with E-state index in [1.165, 1.54) is 20.3 Å². The minimum atomic E-state index is -0.461. The number of benzene rings is 1. The number of hydrogen-bond donors (Lipinski definition) is 1. The van der Waals surface area contributed by atoms with Gasteiger partial charge in [-0.2, -0.15) is 0 Å². The van der Waals surface area contributed by atoms with Crippen LogP contribution in [-0.2, 0) is 17.9 Å². The fraction of sp³-hybridized carbons (Fsp3) is 0.300. The molecular weight excluding hydrogens is 426 g/mol. The molecule has 0 aliphatic carbocycles. The summed E-state index contributed by atoms with van der Waals surface area (Å²) in [4.78, 5) is 38.5. The number of halogens is 1. The second-order valence-electron chi connectivity index (χ2n) is 6.98. The van der Waals surface area contributed by atoms with Gasteiger partial charge in [0.1, 0.15) is 11.2 Å². The molecule has 3 aromatic heterocycles. The second-order valence-corrected chi connectivity index (χ2v) is 8.30. The number of nitrogens with one attached hydrogen (secondary N) is 1. The molecule has 1 aromatic carbocycles. The van der Waals surface area contributed by atoms with E-state index >= 15 is 0 Å². The number of aryl methyl sites for hydroxylation is 1. The SMILES string of the molecule is CCCCn1c(=O)c2sccc2n2c(=O)n(CC(=O)Nc3cccc(Cl)c3C)nc12. The zero-order valence-corrected chi connectivity index (χ0v) is 18.1. The number of nitrogens with zero attached hydrogens (tertiary/aromatic N) is 4. The van der Waals surface area contributed by atoms with Gasteiger partial charge in [0.15, 0.2) is 0 Å². The molecule has 0 saturated heterocycles. The zero-order chi connectivity index (χ0) is 21.4. The van der Waals surface area contributed by atoms with Crippen LogP contribution in [-0.4, -0.2) is 24.7 Å². The predicted molar refractivity (Wildman–Crippen MR) is 119 cm³/mol. The molecule has 0 aliphatic rings. The Bertz CT molecular complexity index is 1380. The number of rotatable bonds is 6. The first-order valence-electron chi connectivity index (χ1n) is 9.57. The fourth-order valence-corrected chi connectivity index (χ4v) is 4.32. The summed E-state index contributed by atoms with van der Waals surface area (Å²) in [5.41, 5.74) is 1.19. The van der Waals surface area contributed by atoms with Crippen molar-refractivity contribution in [3.63, 3.8) is 0 Å². The van der Waals surface area contributed by atoms with Gasteiger partial charge in [0, 0.05) is 17.3 Å². The zero-order valence-electron chi connectivity index (χ0n) is 16.5. The summed E-state index contributed by atoms with van der Waals surface area (Å²) in [7, 11) is 0. The van der Waals surface area contributed by atoms with E-state index in [1.54, 1.807) is 36.6 Å². The Balaban J connectivity index is 1.76. The van der Waals surface area contributed by atoms with Crippen molar-refractivity contribution >= 4 is 50.5 Å². The molecule has 8 nitrogen and oxygen atoms in total. The first-order valence-corrected chi connectivity index (χ1v) is 10.8. The van der Waals surface area contributed by atoms with Crippen LogP contribution in [0.1, 0.15) is 25.3 Å². The number of hydrogen-bond acceptors (Lipinski definition) is 5. The highest BCUT2D eigenvalue weighted by molar-refractivity contribution is 7.17. The summed E-state index contributed by atoms with van der Waals surface area (Å²) in [5, 5.41) is 9.40. The summed E-state index contributed by atoms with van der Waals surface area (Å²) in [5.74, 6) is -0.161. The molecule has 1 amide bonds. The van der Waals surface area contributed by atoms with Gasteiger partial charge in [-0.05, 0) is 42.5 Å². The molecule has 0 atom stereocenters. The number of fused-ring (bicyclic) bond motifs is 3. The van der Waals surface area contributed by atoms with Crippen LogP contribution < -0.4 is 16.6 Å². The standard InChI is InChI=1S/C20H20ClN5O3S/c1-3-4-9-24-18(28)17-15(8-10-30-17)26-19(24)23-25(20(26)29)11-16(27)22-14-7-5-6-13(21)12(14)2/h5-8,10H,3-4,9,11H2,1-2H3,(H,22,27). The lowest BCUT2D eigenvalue weighted by Crippen LogP contribution is -2.29. The molecule has 0 saturated carbocycles. The Morgan fingerprint density at radius 1 is 1.27 bits per heavy atom. The molecule has 0 fully saturated rings. The Hall–Kier alpha value is -2.91. The molecule has 4 aromatic rings. The van der Waals surface area contributed by atoms with Crippen LogP contribution in [0.25, 0.3) is 16.0 Å². The highest BCUT2D eigenvalue weighted by Crippen LogP contribution is 2.23. The number of amides is 1. The van der Waals surface area contributed by atoms with Gasteiger partial charge in [0.25, 0.3) is 5.56 Å². The number of carbonyl (C=O) groups is 1.